The van der Waals surface area contributed by atoms with Gasteiger partial charge in [-0.25, -0.2) is 9.97 Å². The Hall–Kier alpha value is -2.59. The maximum Gasteiger partial charge on any atom is 0.325 e. The lowest BCUT2D eigenvalue weighted by Crippen LogP contribution is -2.38. The van der Waals surface area contributed by atoms with Crippen LogP contribution in [-0.4, -0.2) is 98.9 Å². The van der Waals surface area contributed by atoms with Crippen LogP contribution in [0.2, 0.25) is 0 Å². The highest BCUT2D eigenvalue weighted by molar-refractivity contribution is 8.07. The number of anilines is 1. The third-order valence-electron chi connectivity index (χ3n) is 7.63. The number of H-pyrrole nitrogens is 1. The molecule has 7 N–H and O–H groups in total. The van der Waals surface area contributed by atoms with Gasteiger partial charge in [-0.1, -0.05) is 12.1 Å². The summed E-state index contributed by atoms with van der Waals surface area (Å²) in [4.78, 5) is 62.5. The number of imidazole rings is 1. The van der Waals surface area contributed by atoms with Crippen molar-refractivity contribution in [1.82, 2.24) is 29.1 Å². The first-order valence-electron chi connectivity index (χ1n) is 13.5. The van der Waals surface area contributed by atoms with Gasteiger partial charge in [0.1, 0.15) is 43.0 Å². The van der Waals surface area contributed by atoms with E-state index in [2.05, 4.69) is 19.9 Å². The van der Waals surface area contributed by atoms with Crippen LogP contribution in [-0.2, 0) is 51.2 Å². The van der Waals surface area contributed by atoms with E-state index >= 15 is 0 Å². The fourth-order valence-corrected chi connectivity index (χ4v) is 8.31. The molecule has 10 atom stereocenters. The predicted molar refractivity (Wildman–Crippen MR) is 163 cm³/mol. The molecule has 4 bridgehead atoms. The monoisotopic (exact) mass is 717 g/mol. The lowest BCUT2D eigenvalue weighted by atomic mass is 10.1. The molecule has 3 aromatic heterocycles. The van der Waals surface area contributed by atoms with E-state index in [1.54, 1.807) is 24.3 Å². The lowest BCUT2D eigenvalue weighted by molar-refractivity contribution is -0.0633. The van der Waals surface area contributed by atoms with Gasteiger partial charge in [0.05, 0.1) is 30.4 Å². The average molecular weight is 718 g/mol. The summed E-state index contributed by atoms with van der Waals surface area (Å²) in [6.07, 6.45) is -9.04. The number of aliphatic hydroxyl groups excluding tert-OH is 2. The van der Waals surface area contributed by atoms with Gasteiger partial charge in [-0.3, -0.25) is 32.8 Å². The first-order chi connectivity index (χ1) is 21.8. The van der Waals surface area contributed by atoms with E-state index in [1.807, 2.05) is 0 Å². The summed E-state index contributed by atoms with van der Waals surface area (Å²) in [6, 6.07) is 6.56. The number of para-hydroxylation sites is 1. The van der Waals surface area contributed by atoms with Crippen molar-refractivity contribution in [3.8, 4) is 0 Å². The van der Waals surface area contributed by atoms with Crippen LogP contribution in [0, 0.1) is 0 Å². The first-order valence-corrected chi connectivity index (χ1v) is 18.7. The number of fused-ring (bicyclic) bond motifs is 6. The van der Waals surface area contributed by atoms with Crippen molar-refractivity contribution in [3.05, 3.63) is 57.6 Å². The van der Waals surface area contributed by atoms with Crippen molar-refractivity contribution in [2.24, 2.45) is 0 Å². The third-order valence-corrected chi connectivity index (χ3v) is 10.7. The number of hydrogen-bond donors (Lipinski definition) is 6. The average Bonchev–Trinajstić information content (AvgIpc) is 3.65. The number of hydrogen-bond acceptors (Lipinski definition) is 16. The van der Waals surface area contributed by atoms with Gasteiger partial charge in [0.2, 0.25) is 5.95 Å². The Kier molecular flexibility index (Phi) is 8.22. The molecular weight excluding hydrogens is 692 g/mol. The Bertz CT molecular complexity index is 2050. The number of ether oxygens (including phenoxy) is 2. The molecule has 3 aliphatic heterocycles. The highest BCUT2D eigenvalue weighted by atomic mass is 32.5. The number of aromatic amines is 1. The molecule has 3 saturated heterocycles. The summed E-state index contributed by atoms with van der Waals surface area (Å²) < 4.78 is 36.7. The van der Waals surface area contributed by atoms with Gasteiger partial charge >= 0.3 is 13.4 Å². The van der Waals surface area contributed by atoms with Gasteiger partial charge < -0.3 is 44.3 Å². The van der Waals surface area contributed by atoms with Gasteiger partial charge in [0.15, 0.2) is 23.6 Å². The number of aliphatic hydroxyl groups is 2. The van der Waals surface area contributed by atoms with Crippen molar-refractivity contribution in [2.45, 2.75) is 49.1 Å². The minimum atomic E-state index is -4.26. The maximum absolute atomic E-state index is 13.4. The molecular formula is C23H25N7O12P2S2. The molecule has 46 heavy (non-hydrogen) atoms. The SMILES string of the molecule is Nc1nc2c(ncn2[C@@H]2O[C@@H]3COP(O)(=S)O[C@@H]4[C@H](O)[C@@H](COP(O)(=S)O[C@@H]2[C@@H]3O)O[C@H]4n2cnc3ccccc3c2=O)c(=O)[nH]1. The zero-order valence-electron chi connectivity index (χ0n) is 23.1. The predicted octanol–water partition coefficient (Wildman–Crippen LogP) is -1.12. The Morgan fingerprint density at radius 3 is 2.09 bits per heavy atom. The molecule has 7 rings (SSSR count). The number of aromatic nitrogens is 6. The van der Waals surface area contributed by atoms with E-state index in [1.165, 1.54) is 17.2 Å². The van der Waals surface area contributed by atoms with Crippen LogP contribution in [0.4, 0.5) is 5.95 Å². The van der Waals surface area contributed by atoms with Gasteiger partial charge in [-0.2, -0.15) is 4.98 Å². The van der Waals surface area contributed by atoms with Crippen LogP contribution in [0.5, 0.6) is 0 Å². The highest BCUT2D eigenvalue weighted by Crippen LogP contribution is 2.53. The standard InChI is InChI=1S/C23H25N7O12P2S2/c24-23-27-18-13(19(33)28-23)26-8-29(18)21-16-14(31)11(39-21)5-37-44(36,46)42-17-15(32)12(6-38-43(35,45)41-16)40-22(17)30-7-25-10-4-2-1-3-9(10)20(30)34/h1-4,7-8,11-12,14-17,21-22,31-32H,5-6H2,(H,35,45)(H,36,46)(H3,24,27,28,33)/t11-,12-,14-,15-,16-,17-,21-,22-,43?,44?/m1/s1. The molecule has 6 heterocycles. The van der Waals surface area contributed by atoms with E-state index in [0.717, 1.165) is 4.57 Å². The molecule has 3 aliphatic rings. The Balaban J connectivity index is 1.23. The summed E-state index contributed by atoms with van der Waals surface area (Å²) in [5.74, 6) is -0.226. The summed E-state index contributed by atoms with van der Waals surface area (Å²) in [5, 5.41) is 22.7. The van der Waals surface area contributed by atoms with Crippen molar-refractivity contribution < 1.29 is 47.6 Å². The normalized spacial score (nSPS) is 37.0. The lowest BCUT2D eigenvalue weighted by Gasteiger charge is -2.28. The molecule has 23 heteroatoms. The van der Waals surface area contributed by atoms with E-state index in [4.69, 9.17) is 56.9 Å². The van der Waals surface area contributed by atoms with Crippen LogP contribution in [0.3, 0.4) is 0 Å². The Morgan fingerprint density at radius 1 is 0.891 bits per heavy atom. The molecule has 246 valence electrons. The van der Waals surface area contributed by atoms with Crippen molar-refractivity contribution >= 4 is 65.1 Å². The molecule has 0 amide bonds. The number of rotatable bonds is 2. The zero-order chi connectivity index (χ0) is 32.5. The van der Waals surface area contributed by atoms with Crippen LogP contribution in [0.25, 0.3) is 22.1 Å². The van der Waals surface area contributed by atoms with Crippen LogP contribution in [0.1, 0.15) is 12.5 Å². The Morgan fingerprint density at radius 2 is 1.46 bits per heavy atom. The first kappa shape index (κ1) is 32.0. The number of nitrogens with zero attached hydrogens (tertiary/aromatic N) is 5. The molecule has 0 aliphatic carbocycles. The van der Waals surface area contributed by atoms with Crippen LogP contribution < -0.4 is 16.9 Å². The minimum Gasteiger partial charge on any atom is -0.387 e. The summed E-state index contributed by atoms with van der Waals surface area (Å²) in [5.41, 5.74) is 4.80. The molecule has 0 spiro atoms. The van der Waals surface area contributed by atoms with Crippen molar-refractivity contribution in [3.63, 3.8) is 0 Å². The number of benzene rings is 1. The number of nitrogens with two attached hydrogens (primary N) is 1. The van der Waals surface area contributed by atoms with Crippen molar-refractivity contribution in [1.29, 1.82) is 0 Å². The van der Waals surface area contributed by atoms with Gasteiger partial charge in [-0.05, 0) is 35.7 Å². The zero-order valence-corrected chi connectivity index (χ0v) is 26.5. The fourth-order valence-electron chi connectivity index (χ4n) is 5.48. The quantitative estimate of drug-likeness (QED) is 0.134. The molecule has 1 aromatic carbocycles. The summed E-state index contributed by atoms with van der Waals surface area (Å²) >= 11 is 10.5. The smallest absolute Gasteiger partial charge is 0.325 e. The summed E-state index contributed by atoms with van der Waals surface area (Å²) in [7, 11) is 0. The third kappa shape index (κ3) is 5.75. The van der Waals surface area contributed by atoms with Crippen LogP contribution >= 0.6 is 13.4 Å². The van der Waals surface area contributed by atoms with Crippen molar-refractivity contribution in [2.75, 3.05) is 18.9 Å². The molecule has 0 radical (unpaired) electrons. The van der Waals surface area contributed by atoms with Gasteiger partial charge in [0.25, 0.3) is 11.1 Å². The van der Waals surface area contributed by atoms with Crippen LogP contribution in [0.15, 0.2) is 46.5 Å². The molecule has 4 aromatic rings. The fraction of sp³-hybridized carbons (Fsp3) is 0.435. The Labute approximate surface area is 266 Å². The largest absolute Gasteiger partial charge is 0.387 e. The topological polar surface area (TPSA) is 261 Å². The van der Waals surface area contributed by atoms with E-state index in [9.17, 15) is 29.6 Å². The number of nitrogens with one attached hydrogen (secondary N) is 1. The van der Waals surface area contributed by atoms with E-state index < -0.39 is 86.8 Å². The second-order valence-corrected chi connectivity index (χ2v) is 16.1. The minimum absolute atomic E-state index is 0.0346. The second kappa shape index (κ2) is 11.8. The highest BCUT2D eigenvalue weighted by Gasteiger charge is 2.52. The van der Waals surface area contributed by atoms with E-state index in [-0.39, 0.29) is 22.5 Å². The summed E-state index contributed by atoms with van der Waals surface area (Å²) in [6.45, 7) is -9.68. The molecule has 19 nitrogen and oxygen atoms in total. The van der Waals surface area contributed by atoms with E-state index in [0.29, 0.717) is 5.52 Å². The number of nitrogen functional groups attached to an aromatic ring is 1. The molecule has 2 unspecified atom stereocenters. The van der Waals surface area contributed by atoms with Gasteiger partial charge in [0, 0.05) is 0 Å². The second-order valence-electron chi connectivity index (χ2n) is 10.5. The van der Waals surface area contributed by atoms with Gasteiger partial charge in [-0.15, -0.1) is 0 Å². The molecule has 0 saturated carbocycles. The molecule has 3 fully saturated rings. The maximum atomic E-state index is 13.4.